The second-order valence-electron chi connectivity index (χ2n) is 4.40. The van der Waals surface area contributed by atoms with Crippen molar-refractivity contribution in [1.82, 2.24) is 15.1 Å². The van der Waals surface area contributed by atoms with Crippen LogP contribution in [0, 0.1) is 0 Å². The summed E-state index contributed by atoms with van der Waals surface area (Å²) in [7, 11) is 0. The molecule has 5 nitrogen and oxygen atoms in total. The van der Waals surface area contributed by atoms with Gasteiger partial charge in [-0.1, -0.05) is 24.6 Å². The van der Waals surface area contributed by atoms with Gasteiger partial charge in [-0.2, -0.15) is 4.98 Å². The lowest BCUT2D eigenvalue weighted by Crippen LogP contribution is -2.22. The van der Waals surface area contributed by atoms with E-state index in [1.807, 2.05) is 12.1 Å². The average molecular weight is 246 g/mol. The van der Waals surface area contributed by atoms with Crippen LogP contribution in [0.15, 0.2) is 29.0 Å². The van der Waals surface area contributed by atoms with Crippen LogP contribution < -0.4 is 5.73 Å². The predicted molar refractivity (Wildman–Crippen MR) is 67.9 cm³/mol. The first-order valence-corrected chi connectivity index (χ1v) is 6.24. The summed E-state index contributed by atoms with van der Waals surface area (Å²) in [6.45, 7) is 2.11. The molecule has 5 heteroatoms. The maximum atomic E-state index is 5.94. The van der Waals surface area contributed by atoms with Crippen molar-refractivity contribution in [2.75, 3.05) is 0 Å². The van der Waals surface area contributed by atoms with Crippen LogP contribution in [0.5, 0.6) is 0 Å². The van der Waals surface area contributed by atoms with E-state index in [4.69, 9.17) is 10.3 Å². The lowest BCUT2D eigenvalue weighted by molar-refractivity contribution is 0.361. The monoisotopic (exact) mass is 246 g/mol. The highest BCUT2D eigenvalue weighted by molar-refractivity contribution is 5.13. The molecular formula is C13H18N4O. The molecule has 18 heavy (non-hydrogen) atoms. The Morgan fingerprint density at radius 1 is 1.44 bits per heavy atom. The van der Waals surface area contributed by atoms with Crippen LogP contribution in [-0.2, 0) is 12.8 Å². The topological polar surface area (TPSA) is 77.8 Å². The maximum Gasteiger partial charge on any atom is 0.228 e. The van der Waals surface area contributed by atoms with Crippen LogP contribution in [0.2, 0.25) is 0 Å². The Morgan fingerprint density at radius 2 is 2.33 bits per heavy atom. The van der Waals surface area contributed by atoms with Gasteiger partial charge >= 0.3 is 0 Å². The van der Waals surface area contributed by atoms with Gasteiger partial charge in [-0.15, -0.1) is 0 Å². The van der Waals surface area contributed by atoms with Crippen molar-refractivity contribution in [3.05, 3.63) is 41.8 Å². The summed E-state index contributed by atoms with van der Waals surface area (Å²) in [6, 6.07) is 3.99. The molecule has 1 unspecified atom stereocenters. The minimum atomic E-state index is 0.0988. The zero-order valence-electron chi connectivity index (χ0n) is 10.5. The van der Waals surface area contributed by atoms with E-state index >= 15 is 0 Å². The lowest BCUT2D eigenvalue weighted by Gasteiger charge is -2.05. The Morgan fingerprint density at radius 3 is 3.06 bits per heavy atom. The van der Waals surface area contributed by atoms with Crippen molar-refractivity contribution >= 4 is 0 Å². The molecule has 0 bridgehead atoms. The summed E-state index contributed by atoms with van der Waals surface area (Å²) in [4.78, 5) is 8.40. The first-order valence-electron chi connectivity index (χ1n) is 6.24. The highest BCUT2D eigenvalue weighted by Gasteiger charge is 2.11. The van der Waals surface area contributed by atoms with Crippen molar-refractivity contribution < 1.29 is 4.52 Å². The molecule has 0 saturated heterocycles. The van der Waals surface area contributed by atoms with Gasteiger partial charge in [0, 0.05) is 31.3 Å². The molecule has 0 amide bonds. The van der Waals surface area contributed by atoms with Crippen LogP contribution in [0.4, 0.5) is 0 Å². The fraction of sp³-hybridized carbons (Fsp3) is 0.462. The zero-order valence-corrected chi connectivity index (χ0v) is 10.5. The SMILES string of the molecule is CCCC(N)Cc1nc(Cc2cccnc2)no1. The summed E-state index contributed by atoms with van der Waals surface area (Å²) in [5, 5.41) is 3.96. The fourth-order valence-electron chi connectivity index (χ4n) is 1.83. The van der Waals surface area contributed by atoms with Gasteiger partial charge in [0.15, 0.2) is 5.82 Å². The summed E-state index contributed by atoms with van der Waals surface area (Å²) >= 11 is 0. The Labute approximate surface area is 106 Å². The Bertz CT molecular complexity index is 469. The molecule has 0 radical (unpaired) electrons. The molecule has 2 aromatic heterocycles. The van der Waals surface area contributed by atoms with Crippen molar-refractivity contribution in [3.8, 4) is 0 Å². The number of nitrogens with zero attached hydrogens (tertiary/aromatic N) is 3. The zero-order chi connectivity index (χ0) is 12.8. The summed E-state index contributed by atoms with van der Waals surface area (Å²) in [5.74, 6) is 1.30. The van der Waals surface area contributed by atoms with E-state index in [0.717, 1.165) is 18.4 Å². The van der Waals surface area contributed by atoms with Gasteiger partial charge in [-0.05, 0) is 18.1 Å². The maximum absolute atomic E-state index is 5.94. The molecule has 0 aliphatic heterocycles. The Balaban J connectivity index is 1.94. The minimum absolute atomic E-state index is 0.0988. The van der Waals surface area contributed by atoms with Gasteiger partial charge in [-0.3, -0.25) is 4.98 Å². The Hall–Kier alpha value is -1.75. The molecule has 2 rings (SSSR count). The van der Waals surface area contributed by atoms with E-state index in [1.165, 1.54) is 0 Å². The predicted octanol–water partition coefficient (Wildman–Crippen LogP) is 1.73. The number of aromatic nitrogens is 3. The van der Waals surface area contributed by atoms with E-state index in [2.05, 4.69) is 22.0 Å². The highest BCUT2D eigenvalue weighted by atomic mass is 16.5. The summed E-state index contributed by atoms with van der Waals surface area (Å²) in [5.41, 5.74) is 7.01. The molecule has 0 saturated carbocycles. The lowest BCUT2D eigenvalue weighted by atomic mass is 10.1. The van der Waals surface area contributed by atoms with Crippen LogP contribution in [0.25, 0.3) is 0 Å². The molecule has 2 aromatic rings. The van der Waals surface area contributed by atoms with Gasteiger partial charge in [0.2, 0.25) is 5.89 Å². The smallest absolute Gasteiger partial charge is 0.228 e. The molecule has 0 aliphatic carbocycles. The first kappa shape index (κ1) is 12.7. The van der Waals surface area contributed by atoms with Gasteiger partial charge in [-0.25, -0.2) is 0 Å². The first-order chi connectivity index (χ1) is 8.78. The molecular weight excluding hydrogens is 228 g/mol. The highest BCUT2D eigenvalue weighted by Crippen LogP contribution is 2.08. The number of rotatable bonds is 6. The van der Waals surface area contributed by atoms with E-state index in [1.54, 1.807) is 12.4 Å². The van der Waals surface area contributed by atoms with Crippen LogP contribution in [0.3, 0.4) is 0 Å². The quantitative estimate of drug-likeness (QED) is 0.839. The average Bonchev–Trinajstić information content (AvgIpc) is 2.78. The third-order valence-corrected chi connectivity index (χ3v) is 2.69. The van der Waals surface area contributed by atoms with Crippen molar-refractivity contribution in [2.24, 2.45) is 5.73 Å². The van der Waals surface area contributed by atoms with Crippen LogP contribution >= 0.6 is 0 Å². The summed E-state index contributed by atoms with van der Waals surface area (Å²) < 4.78 is 5.19. The third-order valence-electron chi connectivity index (χ3n) is 2.69. The molecule has 0 fully saturated rings. The number of nitrogens with two attached hydrogens (primary N) is 1. The molecule has 96 valence electrons. The number of hydrogen-bond acceptors (Lipinski definition) is 5. The fourth-order valence-corrected chi connectivity index (χ4v) is 1.83. The molecule has 0 aliphatic rings. The van der Waals surface area contributed by atoms with Gasteiger partial charge < -0.3 is 10.3 Å². The second-order valence-corrected chi connectivity index (χ2v) is 4.40. The largest absolute Gasteiger partial charge is 0.339 e. The second kappa shape index (κ2) is 6.26. The third kappa shape index (κ3) is 3.63. The molecule has 0 spiro atoms. The number of pyridine rings is 1. The van der Waals surface area contributed by atoms with Gasteiger partial charge in [0.1, 0.15) is 0 Å². The van der Waals surface area contributed by atoms with Crippen molar-refractivity contribution in [1.29, 1.82) is 0 Å². The van der Waals surface area contributed by atoms with E-state index in [0.29, 0.717) is 24.6 Å². The molecule has 1 atom stereocenters. The van der Waals surface area contributed by atoms with Gasteiger partial charge in [0.05, 0.1) is 0 Å². The van der Waals surface area contributed by atoms with Gasteiger partial charge in [0.25, 0.3) is 0 Å². The van der Waals surface area contributed by atoms with Crippen LogP contribution in [-0.4, -0.2) is 21.2 Å². The number of hydrogen-bond donors (Lipinski definition) is 1. The van der Waals surface area contributed by atoms with Crippen molar-refractivity contribution in [3.63, 3.8) is 0 Å². The molecule has 0 aromatic carbocycles. The minimum Gasteiger partial charge on any atom is -0.339 e. The standard InChI is InChI=1S/C13H18N4O/c1-2-4-11(14)8-13-16-12(17-18-13)7-10-5-3-6-15-9-10/h3,5-6,9,11H,2,4,7-8,14H2,1H3. The van der Waals surface area contributed by atoms with Crippen molar-refractivity contribution in [2.45, 2.75) is 38.6 Å². The Kier molecular flexibility index (Phi) is 4.41. The van der Waals surface area contributed by atoms with E-state index in [-0.39, 0.29) is 6.04 Å². The normalized spacial score (nSPS) is 12.6. The van der Waals surface area contributed by atoms with E-state index in [9.17, 15) is 0 Å². The molecule has 2 N–H and O–H groups in total. The van der Waals surface area contributed by atoms with E-state index < -0.39 is 0 Å². The summed E-state index contributed by atoms with van der Waals surface area (Å²) in [6.07, 6.45) is 6.88. The molecule has 2 heterocycles. The van der Waals surface area contributed by atoms with Crippen LogP contribution in [0.1, 0.15) is 37.0 Å².